The third-order valence-electron chi connectivity index (χ3n) is 2.53. The minimum Gasteiger partial charge on any atom is -0.378 e. The van der Waals surface area contributed by atoms with E-state index in [0.717, 1.165) is 17.8 Å². The number of aryl methyl sites for hydroxylation is 1. The van der Waals surface area contributed by atoms with E-state index in [1.165, 1.54) is 6.07 Å². The molecule has 0 spiro atoms. The van der Waals surface area contributed by atoms with Gasteiger partial charge in [-0.3, -0.25) is 4.68 Å². The van der Waals surface area contributed by atoms with Crippen molar-refractivity contribution in [1.82, 2.24) is 9.78 Å². The molecule has 0 fully saturated rings. The molecule has 102 valence electrons. The average molecular weight is 334 g/mol. The lowest BCUT2D eigenvalue weighted by atomic mass is 10.2. The summed E-state index contributed by atoms with van der Waals surface area (Å²) in [7, 11) is 1.80. The first-order chi connectivity index (χ1) is 8.86. The van der Waals surface area contributed by atoms with Gasteiger partial charge in [-0.2, -0.15) is 18.3 Å². The first-order valence-electron chi connectivity index (χ1n) is 5.45. The number of anilines is 1. The van der Waals surface area contributed by atoms with Gasteiger partial charge >= 0.3 is 6.18 Å². The van der Waals surface area contributed by atoms with E-state index in [4.69, 9.17) is 0 Å². The number of nitrogens with zero attached hydrogens (tertiary/aromatic N) is 2. The first kappa shape index (κ1) is 13.9. The summed E-state index contributed by atoms with van der Waals surface area (Å²) in [6.07, 6.45) is -2.53. The van der Waals surface area contributed by atoms with Gasteiger partial charge in [0.2, 0.25) is 0 Å². The van der Waals surface area contributed by atoms with Crippen molar-refractivity contribution in [3.63, 3.8) is 0 Å². The fourth-order valence-corrected chi connectivity index (χ4v) is 2.10. The zero-order valence-corrected chi connectivity index (χ0v) is 11.6. The van der Waals surface area contributed by atoms with Crippen LogP contribution in [0.5, 0.6) is 0 Å². The van der Waals surface area contributed by atoms with E-state index in [-0.39, 0.29) is 0 Å². The maximum absolute atomic E-state index is 12.5. The van der Waals surface area contributed by atoms with Gasteiger partial charge in [0.1, 0.15) is 0 Å². The lowest BCUT2D eigenvalue weighted by molar-refractivity contribution is -0.137. The molecule has 1 heterocycles. The van der Waals surface area contributed by atoms with Crippen molar-refractivity contribution in [2.24, 2.45) is 7.05 Å². The highest BCUT2D eigenvalue weighted by atomic mass is 79.9. The van der Waals surface area contributed by atoms with Crippen LogP contribution >= 0.6 is 15.9 Å². The summed E-state index contributed by atoms with van der Waals surface area (Å²) in [5.41, 5.74) is 0.732. The predicted octanol–water partition coefficient (Wildman–Crippen LogP) is 3.81. The number of rotatable bonds is 3. The fourth-order valence-electron chi connectivity index (χ4n) is 1.58. The number of nitrogens with one attached hydrogen (secondary N) is 1. The molecule has 0 atom stereocenters. The van der Waals surface area contributed by atoms with E-state index in [9.17, 15) is 13.2 Å². The Hall–Kier alpha value is -1.50. The van der Waals surface area contributed by atoms with Crippen molar-refractivity contribution in [3.8, 4) is 0 Å². The molecule has 0 aliphatic carbocycles. The molecule has 0 aliphatic rings. The van der Waals surface area contributed by atoms with Crippen LogP contribution in [0.4, 0.5) is 18.9 Å². The Morgan fingerprint density at radius 2 is 2.05 bits per heavy atom. The third-order valence-corrected chi connectivity index (χ3v) is 3.18. The monoisotopic (exact) mass is 333 g/mol. The van der Waals surface area contributed by atoms with Crippen LogP contribution in [-0.2, 0) is 19.8 Å². The number of halogens is 4. The summed E-state index contributed by atoms with van der Waals surface area (Å²) in [6.45, 7) is 0.449. The second kappa shape index (κ2) is 5.24. The van der Waals surface area contributed by atoms with Gasteiger partial charge < -0.3 is 5.32 Å². The molecule has 0 unspecified atom stereocenters. The molecule has 0 aliphatic heterocycles. The highest BCUT2D eigenvalue weighted by Crippen LogP contribution is 2.33. The lowest BCUT2D eigenvalue weighted by Gasteiger charge is -2.11. The van der Waals surface area contributed by atoms with Crippen molar-refractivity contribution in [1.29, 1.82) is 0 Å². The summed E-state index contributed by atoms with van der Waals surface area (Å²) in [6, 6.07) is 5.34. The van der Waals surface area contributed by atoms with Crippen LogP contribution in [0.2, 0.25) is 0 Å². The van der Waals surface area contributed by atoms with Crippen molar-refractivity contribution >= 4 is 21.6 Å². The highest BCUT2D eigenvalue weighted by Gasteiger charge is 2.30. The Kier molecular flexibility index (Phi) is 3.84. The molecule has 3 nitrogen and oxygen atoms in total. The molecule has 0 amide bonds. The summed E-state index contributed by atoms with van der Waals surface area (Å²) in [5, 5.41) is 7.20. The summed E-state index contributed by atoms with van der Waals surface area (Å²) >= 11 is 3.13. The Labute approximate surface area is 116 Å². The van der Waals surface area contributed by atoms with Gasteiger partial charge in [-0.15, -0.1) is 0 Å². The Morgan fingerprint density at radius 3 is 2.58 bits per heavy atom. The van der Waals surface area contributed by atoms with Crippen molar-refractivity contribution < 1.29 is 13.2 Å². The van der Waals surface area contributed by atoms with Gasteiger partial charge in [-0.1, -0.05) is 0 Å². The molecule has 1 aromatic heterocycles. The highest BCUT2D eigenvalue weighted by molar-refractivity contribution is 9.10. The smallest absolute Gasteiger partial charge is 0.378 e. The summed E-state index contributed by atoms with van der Waals surface area (Å²) in [5.74, 6) is 0. The van der Waals surface area contributed by atoms with Crippen molar-refractivity contribution in [3.05, 3.63) is 46.2 Å². The molecular weight excluding hydrogens is 323 g/mol. The molecule has 7 heteroatoms. The van der Waals surface area contributed by atoms with Gasteiger partial charge in [-0.25, -0.2) is 0 Å². The topological polar surface area (TPSA) is 29.9 Å². The van der Waals surface area contributed by atoms with E-state index in [0.29, 0.717) is 16.7 Å². The van der Waals surface area contributed by atoms with Gasteiger partial charge in [-0.05, 0) is 40.2 Å². The second-order valence-electron chi connectivity index (χ2n) is 4.03. The number of alkyl halides is 3. The average Bonchev–Trinajstić information content (AvgIpc) is 2.72. The van der Waals surface area contributed by atoms with Crippen LogP contribution < -0.4 is 5.32 Å². The van der Waals surface area contributed by atoms with E-state index in [1.54, 1.807) is 17.9 Å². The molecule has 0 bridgehead atoms. The quantitative estimate of drug-likeness (QED) is 0.925. The second-order valence-corrected chi connectivity index (χ2v) is 4.88. The molecular formula is C12H11BrF3N3. The van der Waals surface area contributed by atoms with Gasteiger partial charge in [0, 0.05) is 23.4 Å². The molecule has 19 heavy (non-hydrogen) atoms. The maximum atomic E-state index is 12.5. The van der Waals surface area contributed by atoms with Gasteiger partial charge in [0.15, 0.2) is 0 Å². The molecule has 0 saturated heterocycles. The molecule has 2 aromatic rings. The number of hydrogen-bond acceptors (Lipinski definition) is 2. The normalized spacial score (nSPS) is 11.6. The van der Waals surface area contributed by atoms with Crippen molar-refractivity contribution in [2.45, 2.75) is 12.7 Å². The van der Waals surface area contributed by atoms with Crippen LogP contribution in [0.3, 0.4) is 0 Å². The molecule has 1 N–H and O–H groups in total. The summed E-state index contributed by atoms with van der Waals surface area (Å²) < 4.78 is 39.5. The standard InChI is InChI=1S/C12H11BrF3N3/c1-19-5-4-9(18-19)7-17-11-3-2-8(6-10(11)13)12(14,15)16/h2-6,17H,7H2,1H3. The first-order valence-corrected chi connectivity index (χ1v) is 6.25. The van der Waals surface area contributed by atoms with Crippen molar-refractivity contribution in [2.75, 3.05) is 5.32 Å². The molecule has 0 saturated carbocycles. The van der Waals surface area contributed by atoms with E-state index in [1.807, 2.05) is 6.07 Å². The minimum atomic E-state index is -4.33. The predicted molar refractivity (Wildman–Crippen MR) is 69.7 cm³/mol. The number of hydrogen-bond donors (Lipinski definition) is 1. The van der Waals surface area contributed by atoms with E-state index in [2.05, 4.69) is 26.3 Å². The van der Waals surface area contributed by atoms with E-state index < -0.39 is 11.7 Å². The largest absolute Gasteiger partial charge is 0.416 e. The Bertz CT molecular complexity index is 578. The Morgan fingerprint density at radius 1 is 1.32 bits per heavy atom. The molecule has 0 radical (unpaired) electrons. The molecule has 1 aromatic carbocycles. The summed E-state index contributed by atoms with van der Waals surface area (Å²) in [4.78, 5) is 0. The third kappa shape index (κ3) is 3.50. The van der Waals surface area contributed by atoms with Gasteiger partial charge in [0.25, 0.3) is 0 Å². The van der Waals surface area contributed by atoms with Crippen LogP contribution in [0, 0.1) is 0 Å². The maximum Gasteiger partial charge on any atom is 0.416 e. The van der Waals surface area contributed by atoms with Crippen LogP contribution in [-0.4, -0.2) is 9.78 Å². The number of aromatic nitrogens is 2. The van der Waals surface area contributed by atoms with Crippen LogP contribution in [0.15, 0.2) is 34.9 Å². The molecule has 2 rings (SSSR count). The van der Waals surface area contributed by atoms with E-state index >= 15 is 0 Å². The fraction of sp³-hybridized carbons (Fsp3) is 0.250. The van der Waals surface area contributed by atoms with Crippen LogP contribution in [0.1, 0.15) is 11.3 Å². The SMILES string of the molecule is Cn1ccc(CNc2ccc(C(F)(F)F)cc2Br)n1. The van der Waals surface area contributed by atoms with Gasteiger partial charge in [0.05, 0.1) is 17.8 Å². The zero-order valence-electron chi connectivity index (χ0n) is 10.0. The zero-order chi connectivity index (χ0) is 14.0. The Balaban J connectivity index is 2.09. The number of benzene rings is 1. The van der Waals surface area contributed by atoms with Crippen LogP contribution in [0.25, 0.3) is 0 Å². The minimum absolute atomic E-state index is 0.373. The lowest BCUT2D eigenvalue weighted by Crippen LogP contribution is -2.06.